The maximum atomic E-state index is 5.86. The number of nitrogens with two attached hydrogens (primary N) is 1. The second kappa shape index (κ2) is 4.91. The number of aromatic nitrogens is 1. The molecule has 0 unspecified atom stereocenters. The fourth-order valence-corrected chi connectivity index (χ4v) is 2.89. The first-order valence-corrected chi connectivity index (χ1v) is 6.51. The summed E-state index contributed by atoms with van der Waals surface area (Å²) in [4.78, 5) is 6.73. The van der Waals surface area contributed by atoms with Gasteiger partial charge in [-0.05, 0) is 44.3 Å². The van der Waals surface area contributed by atoms with Crippen molar-refractivity contribution in [1.29, 1.82) is 0 Å². The highest BCUT2D eigenvalue weighted by Gasteiger charge is 2.19. The number of hydrogen-bond donors (Lipinski definition) is 1. The molecule has 0 radical (unpaired) electrons. The lowest BCUT2D eigenvalue weighted by molar-refractivity contribution is 0.322. The molecule has 0 aromatic carbocycles. The van der Waals surface area contributed by atoms with Crippen LogP contribution >= 0.6 is 31.9 Å². The largest absolute Gasteiger partial charge is 0.326 e. The molecule has 3 nitrogen and oxygen atoms in total. The zero-order valence-electron chi connectivity index (χ0n) is 8.29. The van der Waals surface area contributed by atoms with Gasteiger partial charge in [0, 0.05) is 40.8 Å². The van der Waals surface area contributed by atoms with E-state index in [2.05, 4.69) is 41.7 Å². The number of nitrogens with zero attached hydrogens (tertiary/aromatic N) is 2. The molecule has 2 rings (SSSR count). The second-order valence-electron chi connectivity index (χ2n) is 3.87. The lowest BCUT2D eigenvalue weighted by Gasteiger charge is -2.15. The molecule has 2 N–H and O–H groups in total. The quantitative estimate of drug-likeness (QED) is 0.901. The molecule has 15 heavy (non-hydrogen) atoms. The Kier molecular flexibility index (Phi) is 3.77. The molecule has 0 spiro atoms. The number of likely N-dealkylation sites (tertiary alicyclic amines) is 1. The van der Waals surface area contributed by atoms with Gasteiger partial charge in [-0.2, -0.15) is 0 Å². The summed E-state index contributed by atoms with van der Waals surface area (Å²) in [6.45, 7) is 2.93. The van der Waals surface area contributed by atoms with Crippen LogP contribution in [0.5, 0.6) is 0 Å². The van der Waals surface area contributed by atoms with Crippen LogP contribution in [0.25, 0.3) is 0 Å². The van der Waals surface area contributed by atoms with Gasteiger partial charge in [0.05, 0.1) is 5.69 Å². The van der Waals surface area contributed by atoms with E-state index in [0.29, 0.717) is 6.04 Å². The smallest absolute Gasteiger partial charge is 0.0686 e. The summed E-state index contributed by atoms with van der Waals surface area (Å²) >= 11 is 6.91. The van der Waals surface area contributed by atoms with Gasteiger partial charge in [0.15, 0.2) is 0 Å². The maximum Gasteiger partial charge on any atom is 0.0686 e. The summed E-state index contributed by atoms with van der Waals surface area (Å²) in [5, 5.41) is 0. The molecule has 5 heteroatoms. The van der Waals surface area contributed by atoms with Gasteiger partial charge in [0.2, 0.25) is 0 Å². The van der Waals surface area contributed by atoms with Crippen molar-refractivity contribution in [1.82, 2.24) is 9.88 Å². The van der Waals surface area contributed by atoms with Crippen molar-refractivity contribution in [3.05, 3.63) is 26.9 Å². The highest BCUT2D eigenvalue weighted by Crippen LogP contribution is 2.21. The predicted molar refractivity (Wildman–Crippen MR) is 67.5 cm³/mol. The molecule has 1 atom stereocenters. The number of rotatable bonds is 2. The lowest BCUT2D eigenvalue weighted by Crippen LogP contribution is -2.26. The van der Waals surface area contributed by atoms with Gasteiger partial charge >= 0.3 is 0 Å². The van der Waals surface area contributed by atoms with Crippen LogP contribution in [0.2, 0.25) is 0 Å². The van der Waals surface area contributed by atoms with Crippen LogP contribution in [0.15, 0.2) is 21.2 Å². The van der Waals surface area contributed by atoms with E-state index in [0.717, 1.165) is 40.7 Å². The van der Waals surface area contributed by atoms with Crippen LogP contribution in [-0.2, 0) is 6.54 Å². The highest BCUT2D eigenvalue weighted by molar-refractivity contribution is 9.11. The zero-order valence-corrected chi connectivity index (χ0v) is 11.5. The molecular formula is C10H13Br2N3. The minimum Gasteiger partial charge on any atom is -0.326 e. The summed E-state index contributed by atoms with van der Waals surface area (Å²) in [6, 6.07) is 2.36. The average Bonchev–Trinajstić information content (AvgIpc) is 2.56. The summed E-state index contributed by atoms with van der Waals surface area (Å²) in [6.07, 6.45) is 2.92. The molecule has 1 aliphatic rings. The summed E-state index contributed by atoms with van der Waals surface area (Å²) in [5.74, 6) is 0. The molecule has 1 saturated heterocycles. The third-order valence-electron chi connectivity index (χ3n) is 2.57. The van der Waals surface area contributed by atoms with E-state index in [1.54, 1.807) is 0 Å². The van der Waals surface area contributed by atoms with Crippen LogP contribution in [0.3, 0.4) is 0 Å². The normalized spacial score (nSPS) is 22.2. The van der Waals surface area contributed by atoms with Gasteiger partial charge in [0.25, 0.3) is 0 Å². The van der Waals surface area contributed by atoms with Gasteiger partial charge in [-0.15, -0.1) is 0 Å². The summed E-state index contributed by atoms with van der Waals surface area (Å²) in [5.41, 5.74) is 6.94. The molecule has 1 aromatic heterocycles. The standard InChI is InChI=1S/C10H13Br2N3/c11-7-3-9(12)10(14-4-7)6-15-2-1-8(13)5-15/h3-4,8H,1-2,5-6,13H2/t8-/m0/s1. The molecular weight excluding hydrogens is 322 g/mol. The van der Waals surface area contributed by atoms with Crippen molar-refractivity contribution in [2.45, 2.75) is 19.0 Å². The van der Waals surface area contributed by atoms with Gasteiger partial charge in [-0.1, -0.05) is 0 Å². The Morgan fingerprint density at radius 1 is 1.53 bits per heavy atom. The third kappa shape index (κ3) is 3.00. The van der Waals surface area contributed by atoms with E-state index in [-0.39, 0.29) is 0 Å². The van der Waals surface area contributed by atoms with Crippen molar-refractivity contribution in [2.75, 3.05) is 13.1 Å². The van der Waals surface area contributed by atoms with Crippen molar-refractivity contribution in [2.24, 2.45) is 5.73 Å². The minimum absolute atomic E-state index is 0.333. The number of halogens is 2. The predicted octanol–water partition coefficient (Wildman–Crippen LogP) is 2.14. The topological polar surface area (TPSA) is 42.1 Å². The molecule has 1 aromatic rings. The Bertz CT molecular complexity index is 357. The summed E-state index contributed by atoms with van der Waals surface area (Å²) in [7, 11) is 0. The van der Waals surface area contributed by atoms with Crippen molar-refractivity contribution in [3.63, 3.8) is 0 Å². The molecule has 0 saturated carbocycles. The fourth-order valence-electron chi connectivity index (χ4n) is 1.78. The number of hydrogen-bond acceptors (Lipinski definition) is 3. The van der Waals surface area contributed by atoms with E-state index in [9.17, 15) is 0 Å². The monoisotopic (exact) mass is 333 g/mol. The van der Waals surface area contributed by atoms with Crippen molar-refractivity contribution < 1.29 is 0 Å². The Morgan fingerprint density at radius 2 is 2.33 bits per heavy atom. The highest BCUT2D eigenvalue weighted by atomic mass is 79.9. The van der Waals surface area contributed by atoms with E-state index >= 15 is 0 Å². The van der Waals surface area contributed by atoms with Gasteiger partial charge < -0.3 is 5.73 Å². The van der Waals surface area contributed by atoms with Crippen molar-refractivity contribution in [3.8, 4) is 0 Å². The Morgan fingerprint density at radius 3 is 2.93 bits per heavy atom. The van der Waals surface area contributed by atoms with Crippen molar-refractivity contribution >= 4 is 31.9 Å². The van der Waals surface area contributed by atoms with Gasteiger partial charge in [-0.3, -0.25) is 9.88 Å². The van der Waals surface area contributed by atoms with Crippen LogP contribution in [-0.4, -0.2) is 29.0 Å². The second-order valence-corrected chi connectivity index (χ2v) is 5.64. The van der Waals surface area contributed by atoms with Crippen LogP contribution in [0.1, 0.15) is 12.1 Å². The molecule has 0 aliphatic carbocycles. The Balaban J connectivity index is 2.04. The maximum absolute atomic E-state index is 5.86. The van der Waals surface area contributed by atoms with Crippen LogP contribution < -0.4 is 5.73 Å². The minimum atomic E-state index is 0.333. The molecule has 0 amide bonds. The first-order chi connectivity index (χ1) is 7.15. The molecule has 1 fully saturated rings. The first-order valence-electron chi connectivity index (χ1n) is 4.93. The average molecular weight is 335 g/mol. The number of pyridine rings is 1. The molecule has 0 bridgehead atoms. The lowest BCUT2D eigenvalue weighted by atomic mass is 10.3. The summed E-state index contributed by atoms with van der Waals surface area (Å²) < 4.78 is 2.05. The molecule has 82 valence electrons. The van der Waals surface area contributed by atoms with E-state index < -0.39 is 0 Å². The molecule has 2 heterocycles. The SMILES string of the molecule is N[C@H]1CCN(Cc2ncc(Br)cc2Br)C1. The van der Waals surface area contributed by atoms with E-state index in [1.807, 2.05) is 12.3 Å². The molecule has 1 aliphatic heterocycles. The Labute approximate surface area is 106 Å². The van der Waals surface area contributed by atoms with Gasteiger partial charge in [0.1, 0.15) is 0 Å². The van der Waals surface area contributed by atoms with Gasteiger partial charge in [-0.25, -0.2) is 0 Å². The Hall–Kier alpha value is 0.0300. The zero-order chi connectivity index (χ0) is 10.8. The van der Waals surface area contributed by atoms with E-state index in [1.165, 1.54) is 0 Å². The first kappa shape index (κ1) is 11.5. The third-order valence-corrected chi connectivity index (χ3v) is 3.69. The van der Waals surface area contributed by atoms with Crippen LogP contribution in [0, 0.1) is 0 Å². The fraction of sp³-hybridized carbons (Fsp3) is 0.500. The van der Waals surface area contributed by atoms with Crippen LogP contribution in [0.4, 0.5) is 0 Å². The van der Waals surface area contributed by atoms with E-state index in [4.69, 9.17) is 5.73 Å².